The molecule has 0 aliphatic rings. The summed E-state index contributed by atoms with van der Waals surface area (Å²) in [6.07, 6.45) is -10.4. The number of halogens is 6. The molecule has 1 aromatic rings. The van der Waals surface area contributed by atoms with Crippen LogP contribution in [-0.2, 0) is 5.67 Å². The van der Waals surface area contributed by atoms with Gasteiger partial charge in [-0.05, 0) is 12.1 Å². The highest BCUT2D eigenvalue weighted by atomic mass is 19.4. The first kappa shape index (κ1) is 14.3. The summed E-state index contributed by atoms with van der Waals surface area (Å²) in [6, 6.07) is 0.184. The van der Waals surface area contributed by atoms with E-state index in [9.17, 15) is 26.3 Å². The van der Waals surface area contributed by atoms with Crippen molar-refractivity contribution in [1.82, 2.24) is 0 Å². The summed E-state index contributed by atoms with van der Waals surface area (Å²) in [5.41, 5.74) is -2.39. The van der Waals surface area contributed by atoms with Gasteiger partial charge in [-0.15, -0.1) is 0 Å². The average molecular weight is 275 g/mol. The summed E-state index contributed by atoms with van der Waals surface area (Å²) in [4.78, 5) is 0. The lowest BCUT2D eigenvalue weighted by Crippen LogP contribution is -2.44. The second kappa shape index (κ2) is 4.14. The third-order valence-electron chi connectivity index (χ3n) is 2.27. The summed E-state index contributed by atoms with van der Waals surface area (Å²) < 4.78 is 75.3. The van der Waals surface area contributed by atoms with E-state index in [4.69, 9.17) is 15.9 Å². The molecule has 0 aliphatic carbocycles. The van der Waals surface area contributed by atoms with E-state index in [1.54, 1.807) is 0 Å². The van der Waals surface area contributed by atoms with E-state index in [0.717, 1.165) is 0 Å². The number of nitrogens with two attached hydrogens (primary N) is 1. The number of benzene rings is 1. The number of hydrogen-bond donors (Lipinski definition) is 3. The van der Waals surface area contributed by atoms with Gasteiger partial charge >= 0.3 is 6.18 Å². The molecule has 4 N–H and O–H groups in total. The third kappa shape index (κ3) is 2.00. The zero-order valence-corrected chi connectivity index (χ0v) is 8.47. The highest BCUT2D eigenvalue weighted by molar-refractivity contribution is 5.63. The molecular formula is C9H7F6NO2. The fraction of sp³-hybridized carbons (Fsp3) is 0.333. The van der Waals surface area contributed by atoms with Crippen molar-refractivity contribution in [1.29, 1.82) is 0 Å². The Kier molecular flexibility index (Phi) is 3.28. The smallest absolute Gasteiger partial charge is 0.432 e. The molecule has 0 amide bonds. The lowest BCUT2D eigenvalue weighted by molar-refractivity contribution is -0.274. The van der Waals surface area contributed by atoms with E-state index < -0.39 is 41.0 Å². The predicted molar refractivity (Wildman–Crippen MR) is 49.0 cm³/mol. The monoisotopic (exact) mass is 275 g/mol. The van der Waals surface area contributed by atoms with E-state index in [0.29, 0.717) is 0 Å². The van der Waals surface area contributed by atoms with Crippen LogP contribution in [0.1, 0.15) is 5.56 Å². The van der Waals surface area contributed by atoms with Crippen molar-refractivity contribution < 1.29 is 36.6 Å². The molecule has 0 heterocycles. The molecule has 18 heavy (non-hydrogen) atoms. The predicted octanol–water partition coefficient (Wildman–Crippen LogP) is 2.67. The van der Waals surface area contributed by atoms with Crippen LogP contribution < -0.4 is 5.73 Å². The fourth-order valence-electron chi connectivity index (χ4n) is 1.25. The molecule has 1 atom stereocenters. The van der Waals surface area contributed by atoms with E-state index in [-0.39, 0.29) is 12.1 Å². The Morgan fingerprint density at radius 2 is 1.39 bits per heavy atom. The van der Waals surface area contributed by atoms with Gasteiger partial charge in [0, 0.05) is 5.56 Å². The van der Waals surface area contributed by atoms with Crippen LogP contribution in [0.4, 0.5) is 32.0 Å². The maximum absolute atomic E-state index is 13.5. The van der Waals surface area contributed by atoms with Crippen LogP contribution in [0.15, 0.2) is 12.1 Å². The Balaban J connectivity index is 3.51. The molecule has 1 rings (SSSR count). The standard InChI is InChI=1S/C9H7F6NO2/c10-7(11)8(12,9(13,14)15)3-1-4(17)6(16)5(18)2-3/h1-2,7,17-18H,16H2. The summed E-state index contributed by atoms with van der Waals surface area (Å²) in [7, 11) is 0. The number of phenolic OH excluding ortho intramolecular Hbond substituents is 2. The number of rotatable bonds is 2. The maximum Gasteiger partial charge on any atom is 0.432 e. The van der Waals surface area contributed by atoms with Gasteiger partial charge in [0.05, 0.1) is 0 Å². The van der Waals surface area contributed by atoms with Crippen LogP contribution >= 0.6 is 0 Å². The SMILES string of the molecule is Nc1c(O)cc(C(F)(C(F)F)C(F)(F)F)cc1O. The van der Waals surface area contributed by atoms with Crippen LogP contribution in [0, 0.1) is 0 Å². The van der Waals surface area contributed by atoms with Gasteiger partial charge in [0.25, 0.3) is 12.1 Å². The zero-order valence-electron chi connectivity index (χ0n) is 8.47. The van der Waals surface area contributed by atoms with Gasteiger partial charge in [0.15, 0.2) is 0 Å². The van der Waals surface area contributed by atoms with Crippen molar-refractivity contribution in [2.75, 3.05) is 5.73 Å². The quantitative estimate of drug-likeness (QED) is 0.441. The summed E-state index contributed by atoms with van der Waals surface area (Å²) in [6.45, 7) is 0. The lowest BCUT2D eigenvalue weighted by Gasteiger charge is -2.27. The molecule has 0 fully saturated rings. The van der Waals surface area contributed by atoms with Crippen molar-refractivity contribution in [3.63, 3.8) is 0 Å². The van der Waals surface area contributed by atoms with Gasteiger partial charge in [0.1, 0.15) is 17.2 Å². The van der Waals surface area contributed by atoms with Gasteiger partial charge < -0.3 is 15.9 Å². The second-order valence-corrected chi connectivity index (χ2v) is 3.44. The first-order valence-corrected chi connectivity index (χ1v) is 4.37. The van der Waals surface area contributed by atoms with E-state index in [2.05, 4.69) is 0 Å². The number of hydrogen-bond acceptors (Lipinski definition) is 3. The van der Waals surface area contributed by atoms with Crippen molar-refractivity contribution >= 4 is 5.69 Å². The highest BCUT2D eigenvalue weighted by Crippen LogP contribution is 2.49. The van der Waals surface area contributed by atoms with E-state index in [1.165, 1.54) is 0 Å². The molecule has 0 saturated carbocycles. The number of anilines is 1. The number of aromatic hydroxyl groups is 2. The third-order valence-corrected chi connectivity index (χ3v) is 2.27. The molecule has 0 bridgehead atoms. The van der Waals surface area contributed by atoms with Crippen molar-refractivity contribution in [2.45, 2.75) is 18.3 Å². The molecule has 0 spiro atoms. The molecule has 1 unspecified atom stereocenters. The van der Waals surface area contributed by atoms with E-state index in [1.807, 2.05) is 0 Å². The molecule has 0 saturated heterocycles. The highest BCUT2D eigenvalue weighted by Gasteiger charge is 2.64. The zero-order chi connectivity index (χ0) is 14.3. The summed E-state index contributed by atoms with van der Waals surface area (Å²) in [5.74, 6) is -2.26. The van der Waals surface area contributed by atoms with Crippen molar-refractivity contribution in [3.05, 3.63) is 17.7 Å². The number of nitrogen functional groups attached to an aromatic ring is 1. The Hall–Kier alpha value is -1.80. The van der Waals surface area contributed by atoms with Crippen LogP contribution in [0.25, 0.3) is 0 Å². The number of alkyl halides is 6. The molecule has 102 valence electrons. The Morgan fingerprint density at radius 3 is 1.67 bits per heavy atom. The van der Waals surface area contributed by atoms with Crippen LogP contribution in [0.2, 0.25) is 0 Å². The second-order valence-electron chi connectivity index (χ2n) is 3.44. The van der Waals surface area contributed by atoms with Gasteiger partial charge in [-0.25, -0.2) is 13.2 Å². The summed E-state index contributed by atoms with van der Waals surface area (Å²) in [5, 5.41) is 18.1. The van der Waals surface area contributed by atoms with Crippen LogP contribution in [0.5, 0.6) is 11.5 Å². The minimum atomic E-state index is -5.92. The Bertz CT molecular complexity index is 438. The minimum Gasteiger partial charge on any atom is -0.506 e. The first-order valence-electron chi connectivity index (χ1n) is 4.37. The van der Waals surface area contributed by atoms with Crippen molar-refractivity contribution in [2.24, 2.45) is 0 Å². The van der Waals surface area contributed by atoms with E-state index >= 15 is 0 Å². The van der Waals surface area contributed by atoms with Gasteiger partial charge in [0.2, 0.25) is 0 Å². The van der Waals surface area contributed by atoms with Crippen LogP contribution in [0.3, 0.4) is 0 Å². The topological polar surface area (TPSA) is 66.5 Å². The minimum absolute atomic E-state index is 0.0920. The Labute approximate surface area is 96.4 Å². The lowest BCUT2D eigenvalue weighted by atomic mass is 9.94. The van der Waals surface area contributed by atoms with Gasteiger partial charge in [-0.1, -0.05) is 0 Å². The van der Waals surface area contributed by atoms with Gasteiger partial charge in [-0.2, -0.15) is 13.2 Å². The fourth-order valence-corrected chi connectivity index (χ4v) is 1.25. The van der Waals surface area contributed by atoms with Crippen LogP contribution in [-0.4, -0.2) is 22.8 Å². The number of phenols is 2. The summed E-state index contributed by atoms with van der Waals surface area (Å²) >= 11 is 0. The molecule has 9 heteroatoms. The molecule has 0 aromatic heterocycles. The van der Waals surface area contributed by atoms with Crippen molar-refractivity contribution in [3.8, 4) is 11.5 Å². The molecule has 0 aliphatic heterocycles. The molecule has 1 aromatic carbocycles. The average Bonchev–Trinajstić information content (AvgIpc) is 2.21. The molecular weight excluding hydrogens is 268 g/mol. The first-order chi connectivity index (χ1) is 8.01. The largest absolute Gasteiger partial charge is 0.506 e. The Morgan fingerprint density at radius 1 is 1.00 bits per heavy atom. The maximum atomic E-state index is 13.5. The van der Waals surface area contributed by atoms with Gasteiger partial charge in [-0.3, -0.25) is 0 Å². The normalized spacial score (nSPS) is 15.7. The molecule has 3 nitrogen and oxygen atoms in total. The molecule has 0 radical (unpaired) electrons.